The summed E-state index contributed by atoms with van der Waals surface area (Å²) in [6, 6.07) is 3.78. The van der Waals surface area contributed by atoms with Crippen molar-refractivity contribution in [3.8, 4) is 0 Å². The standard InChI is InChI=1S/C12H21N3O/c1-9(2)16-8-4-7-14-12-11(13)6-5-10(3)15-12/h5-6,9H,4,7-8,13H2,1-3H3,(H,14,15). The molecule has 0 aliphatic carbocycles. The predicted octanol–water partition coefficient (Wildman–Crippen LogP) is 2.20. The van der Waals surface area contributed by atoms with Gasteiger partial charge in [0, 0.05) is 18.8 Å². The number of anilines is 2. The van der Waals surface area contributed by atoms with Gasteiger partial charge in [-0.2, -0.15) is 0 Å². The number of nitrogen functional groups attached to an aromatic ring is 1. The fourth-order valence-electron chi connectivity index (χ4n) is 1.31. The minimum absolute atomic E-state index is 0.294. The van der Waals surface area contributed by atoms with Gasteiger partial charge in [-0.1, -0.05) is 0 Å². The van der Waals surface area contributed by atoms with Gasteiger partial charge in [0.05, 0.1) is 11.8 Å². The number of aryl methyl sites for hydroxylation is 1. The number of nitrogens with two attached hydrogens (primary N) is 1. The first-order valence-corrected chi connectivity index (χ1v) is 5.68. The number of rotatable bonds is 6. The number of nitrogens with one attached hydrogen (secondary N) is 1. The van der Waals surface area contributed by atoms with E-state index in [0.29, 0.717) is 11.8 Å². The second-order valence-corrected chi connectivity index (χ2v) is 4.09. The predicted molar refractivity (Wildman–Crippen MR) is 67.6 cm³/mol. The van der Waals surface area contributed by atoms with Gasteiger partial charge in [0.1, 0.15) is 5.82 Å². The number of hydrogen-bond acceptors (Lipinski definition) is 4. The summed E-state index contributed by atoms with van der Waals surface area (Å²) in [7, 11) is 0. The Kier molecular flexibility index (Phi) is 5.05. The minimum atomic E-state index is 0.294. The smallest absolute Gasteiger partial charge is 0.149 e. The van der Waals surface area contributed by atoms with Crippen LogP contribution in [0, 0.1) is 6.92 Å². The summed E-state index contributed by atoms with van der Waals surface area (Å²) in [5.74, 6) is 0.768. The summed E-state index contributed by atoms with van der Waals surface area (Å²) in [4.78, 5) is 4.33. The average molecular weight is 223 g/mol. The fourth-order valence-corrected chi connectivity index (χ4v) is 1.31. The zero-order valence-electron chi connectivity index (χ0n) is 10.3. The summed E-state index contributed by atoms with van der Waals surface area (Å²) in [5.41, 5.74) is 7.45. The Morgan fingerprint density at radius 3 is 2.88 bits per heavy atom. The maximum Gasteiger partial charge on any atom is 0.149 e. The van der Waals surface area contributed by atoms with Gasteiger partial charge in [-0.3, -0.25) is 0 Å². The molecule has 1 rings (SSSR count). The van der Waals surface area contributed by atoms with E-state index in [4.69, 9.17) is 10.5 Å². The molecule has 0 amide bonds. The molecule has 0 bridgehead atoms. The van der Waals surface area contributed by atoms with Crippen LogP contribution in [-0.2, 0) is 4.74 Å². The Labute approximate surface area is 97.2 Å². The van der Waals surface area contributed by atoms with Gasteiger partial charge in [-0.25, -0.2) is 4.98 Å². The largest absolute Gasteiger partial charge is 0.396 e. The van der Waals surface area contributed by atoms with Gasteiger partial charge in [0.25, 0.3) is 0 Å². The van der Waals surface area contributed by atoms with Gasteiger partial charge >= 0.3 is 0 Å². The molecule has 0 unspecified atom stereocenters. The summed E-state index contributed by atoms with van der Waals surface area (Å²) in [5, 5.41) is 3.21. The van der Waals surface area contributed by atoms with E-state index in [2.05, 4.69) is 10.3 Å². The zero-order valence-corrected chi connectivity index (χ0v) is 10.3. The van der Waals surface area contributed by atoms with Crippen LogP contribution in [0.4, 0.5) is 11.5 Å². The molecule has 0 saturated carbocycles. The van der Waals surface area contributed by atoms with Crippen LogP contribution in [-0.4, -0.2) is 24.2 Å². The lowest BCUT2D eigenvalue weighted by atomic mass is 10.3. The lowest BCUT2D eigenvalue weighted by Gasteiger charge is -2.10. The van der Waals surface area contributed by atoms with Crippen LogP contribution in [0.1, 0.15) is 26.0 Å². The normalized spacial score (nSPS) is 10.8. The van der Waals surface area contributed by atoms with E-state index in [-0.39, 0.29) is 0 Å². The molecule has 0 aliphatic rings. The van der Waals surface area contributed by atoms with Crippen molar-refractivity contribution in [1.82, 2.24) is 4.98 Å². The lowest BCUT2D eigenvalue weighted by Crippen LogP contribution is -2.11. The van der Waals surface area contributed by atoms with E-state index < -0.39 is 0 Å². The van der Waals surface area contributed by atoms with Crippen LogP contribution in [0.3, 0.4) is 0 Å². The van der Waals surface area contributed by atoms with E-state index >= 15 is 0 Å². The molecule has 0 aliphatic heterocycles. The maximum atomic E-state index is 5.80. The quantitative estimate of drug-likeness (QED) is 0.726. The molecule has 90 valence electrons. The number of hydrogen-bond donors (Lipinski definition) is 2. The van der Waals surface area contributed by atoms with Gasteiger partial charge < -0.3 is 15.8 Å². The van der Waals surface area contributed by atoms with Crippen molar-refractivity contribution in [1.29, 1.82) is 0 Å². The Bertz CT molecular complexity index is 326. The van der Waals surface area contributed by atoms with Gasteiger partial charge in [0.2, 0.25) is 0 Å². The highest BCUT2D eigenvalue weighted by molar-refractivity contribution is 5.61. The molecule has 1 aromatic heterocycles. The number of pyridine rings is 1. The van der Waals surface area contributed by atoms with Crippen molar-refractivity contribution in [2.45, 2.75) is 33.3 Å². The van der Waals surface area contributed by atoms with Crippen molar-refractivity contribution in [3.05, 3.63) is 17.8 Å². The fraction of sp³-hybridized carbons (Fsp3) is 0.583. The molecule has 0 radical (unpaired) electrons. The van der Waals surface area contributed by atoms with E-state index in [1.807, 2.05) is 32.9 Å². The highest BCUT2D eigenvalue weighted by Crippen LogP contribution is 2.14. The molecule has 1 heterocycles. The Morgan fingerprint density at radius 2 is 2.19 bits per heavy atom. The van der Waals surface area contributed by atoms with Crippen LogP contribution in [0.2, 0.25) is 0 Å². The molecular weight excluding hydrogens is 202 g/mol. The minimum Gasteiger partial charge on any atom is -0.396 e. The molecule has 0 atom stereocenters. The van der Waals surface area contributed by atoms with E-state index in [9.17, 15) is 0 Å². The first-order chi connectivity index (χ1) is 7.59. The van der Waals surface area contributed by atoms with Crippen molar-refractivity contribution in [3.63, 3.8) is 0 Å². The number of ether oxygens (including phenoxy) is 1. The van der Waals surface area contributed by atoms with Crippen molar-refractivity contribution in [2.24, 2.45) is 0 Å². The molecular formula is C12H21N3O. The Morgan fingerprint density at radius 1 is 1.44 bits per heavy atom. The second kappa shape index (κ2) is 6.33. The zero-order chi connectivity index (χ0) is 12.0. The average Bonchev–Trinajstić information content (AvgIpc) is 2.22. The van der Waals surface area contributed by atoms with Gasteiger partial charge in [-0.05, 0) is 39.3 Å². The molecule has 0 saturated heterocycles. The van der Waals surface area contributed by atoms with Gasteiger partial charge in [0.15, 0.2) is 0 Å². The molecule has 0 fully saturated rings. The first kappa shape index (κ1) is 12.8. The maximum absolute atomic E-state index is 5.80. The third kappa shape index (κ3) is 4.49. The highest BCUT2D eigenvalue weighted by Gasteiger charge is 2.00. The third-order valence-electron chi connectivity index (χ3n) is 2.13. The van der Waals surface area contributed by atoms with E-state index in [1.165, 1.54) is 0 Å². The van der Waals surface area contributed by atoms with Crippen LogP contribution >= 0.6 is 0 Å². The first-order valence-electron chi connectivity index (χ1n) is 5.68. The van der Waals surface area contributed by atoms with Crippen LogP contribution < -0.4 is 11.1 Å². The molecule has 0 spiro atoms. The monoisotopic (exact) mass is 223 g/mol. The van der Waals surface area contributed by atoms with Crippen LogP contribution in [0.15, 0.2) is 12.1 Å². The summed E-state index contributed by atoms with van der Waals surface area (Å²) in [6.07, 6.45) is 1.25. The van der Waals surface area contributed by atoms with Crippen LogP contribution in [0.5, 0.6) is 0 Å². The summed E-state index contributed by atoms with van der Waals surface area (Å²) in [6.45, 7) is 7.61. The van der Waals surface area contributed by atoms with Gasteiger partial charge in [-0.15, -0.1) is 0 Å². The Hall–Kier alpha value is -1.29. The van der Waals surface area contributed by atoms with Crippen LogP contribution in [0.25, 0.3) is 0 Å². The Balaban J connectivity index is 2.29. The summed E-state index contributed by atoms with van der Waals surface area (Å²) < 4.78 is 5.44. The number of aromatic nitrogens is 1. The molecule has 4 nitrogen and oxygen atoms in total. The molecule has 0 aromatic carbocycles. The van der Waals surface area contributed by atoms with Crippen molar-refractivity contribution in [2.75, 3.05) is 24.2 Å². The van der Waals surface area contributed by atoms with E-state index in [0.717, 1.165) is 31.1 Å². The second-order valence-electron chi connectivity index (χ2n) is 4.09. The molecule has 4 heteroatoms. The van der Waals surface area contributed by atoms with Crippen molar-refractivity contribution >= 4 is 11.5 Å². The summed E-state index contributed by atoms with van der Waals surface area (Å²) >= 11 is 0. The molecule has 1 aromatic rings. The third-order valence-corrected chi connectivity index (χ3v) is 2.13. The molecule has 3 N–H and O–H groups in total. The topological polar surface area (TPSA) is 60.2 Å². The molecule has 16 heavy (non-hydrogen) atoms. The van der Waals surface area contributed by atoms with E-state index in [1.54, 1.807) is 0 Å². The SMILES string of the molecule is Cc1ccc(N)c(NCCCOC(C)C)n1. The van der Waals surface area contributed by atoms with Crippen molar-refractivity contribution < 1.29 is 4.74 Å². The highest BCUT2D eigenvalue weighted by atomic mass is 16.5. The number of nitrogens with zero attached hydrogens (tertiary/aromatic N) is 1. The lowest BCUT2D eigenvalue weighted by molar-refractivity contribution is 0.0787.